The Morgan fingerprint density at radius 1 is 1.19 bits per heavy atom. The third-order valence-electron chi connectivity index (χ3n) is 4.13. The van der Waals surface area contributed by atoms with Gasteiger partial charge in [0.2, 0.25) is 0 Å². The number of fused-ring (bicyclic) bond motifs is 1. The zero-order valence-corrected chi connectivity index (χ0v) is 15.8. The summed E-state index contributed by atoms with van der Waals surface area (Å²) in [5.41, 5.74) is 3.59. The quantitative estimate of drug-likeness (QED) is 0.662. The van der Waals surface area contributed by atoms with Crippen LogP contribution in [0.5, 0.6) is 0 Å². The molecule has 0 aliphatic rings. The number of amides is 1. The molecule has 1 aromatic heterocycles. The Morgan fingerprint density at radius 3 is 2.69 bits per heavy atom. The average Bonchev–Trinajstić information content (AvgIpc) is 2.97. The van der Waals surface area contributed by atoms with E-state index >= 15 is 0 Å². The van der Waals surface area contributed by atoms with Crippen LogP contribution < -0.4 is 4.80 Å². The van der Waals surface area contributed by atoms with Crippen molar-refractivity contribution in [2.24, 2.45) is 4.99 Å². The zero-order chi connectivity index (χ0) is 18.7. The van der Waals surface area contributed by atoms with Crippen LogP contribution in [-0.2, 0) is 22.5 Å². The number of aryl methyl sites for hydroxylation is 2. The molecule has 0 saturated carbocycles. The van der Waals surface area contributed by atoms with Gasteiger partial charge in [-0.05, 0) is 43.2 Å². The van der Waals surface area contributed by atoms with Crippen LogP contribution in [0.1, 0.15) is 28.4 Å². The van der Waals surface area contributed by atoms with Gasteiger partial charge in [-0.1, -0.05) is 42.0 Å². The number of carbonyl (C=O) groups is 2. The Balaban J connectivity index is 2.14. The van der Waals surface area contributed by atoms with Crippen molar-refractivity contribution in [3.05, 3.63) is 64.0 Å². The number of esters is 1. The van der Waals surface area contributed by atoms with E-state index in [-0.39, 0.29) is 18.4 Å². The predicted octanol–water partition coefficient (Wildman–Crippen LogP) is 3.49. The number of hydrogen-bond acceptors (Lipinski definition) is 4. The minimum Gasteiger partial charge on any atom is -0.468 e. The van der Waals surface area contributed by atoms with Crippen LogP contribution in [0.2, 0.25) is 0 Å². The molecule has 6 heteroatoms. The summed E-state index contributed by atoms with van der Waals surface area (Å²) in [7, 11) is 1.35. The number of hydrogen-bond donors (Lipinski definition) is 0. The van der Waals surface area contributed by atoms with Crippen molar-refractivity contribution in [2.45, 2.75) is 26.8 Å². The first-order valence-corrected chi connectivity index (χ1v) is 9.18. The van der Waals surface area contributed by atoms with E-state index in [1.54, 1.807) is 16.7 Å². The Morgan fingerprint density at radius 2 is 2.00 bits per heavy atom. The van der Waals surface area contributed by atoms with E-state index in [4.69, 9.17) is 4.74 Å². The van der Waals surface area contributed by atoms with E-state index < -0.39 is 0 Å². The van der Waals surface area contributed by atoms with Crippen molar-refractivity contribution in [2.75, 3.05) is 7.11 Å². The van der Waals surface area contributed by atoms with E-state index in [2.05, 4.69) is 18.0 Å². The van der Waals surface area contributed by atoms with Crippen LogP contribution in [0.3, 0.4) is 0 Å². The lowest BCUT2D eigenvalue weighted by Gasteiger charge is -2.04. The zero-order valence-electron chi connectivity index (χ0n) is 15.0. The summed E-state index contributed by atoms with van der Waals surface area (Å²) >= 11 is 1.40. The van der Waals surface area contributed by atoms with E-state index in [0.29, 0.717) is 10.4 Å². The third-order valence-corrected chi connectivity index (χ3v) is 5.17. The van der Waals surface area contributed by atoms with Crippen LogP contribution in [0, 0.1) is 6.92 Å². The molecule has 0 fully saturated rings. The number of ether oxygens (including phenoxy) is 1. The summed E-state index contributed by atoms with van der Waals surface area (Å²) < 4.78 is 7.52. The SMILES string of the molecule is CCc1ccc2c(c1)sc(=NC(=O)c1cccc(C)c1)n2CC(=O)OC. The monoisotopic (exact) mass is 368 g/mol. The molecule has 0 radical (unpaired) electrons. The molecule has 3 aromatic rings. The normalized spacial score (nSPS) is 11.7. The summed E-state index contributed by atoms with van der Waals surface area (Å²) in [4.78, 5) is 29.2. The van der Waals surface area contributed by atoms with Gasteiger partial charge in [-0.2, -0.15) is 4.99 Å². The Kier molecular flexibility index (Phi) is 5.32. The van der Waals surface area contributed by atoms with Gasteiger partial charge in [0.05, 0.1) is 17.3 Å². The second-order valence-electron chi connectivity index (χ2n) is 5.99. The fraction of sp³-hybridized carbons (Fsp3) is 0.250. The molecule has 2 aromatic carbocycles. The second kappa shape index (κ2) is 7.66. The highest BCUT2D eigenvalue weighted by atomic mass is 32.1. The molecule has 0 aliphatic heterocycles. The molecule has 0 bridgehead atoms. The molecule has 0 N–H and O–H groups in total. The number of rotatable bonds is 4. The molecular formula is C20H20N2O3S. The van der Waals surface area contributed by atoms with E-state index in [9.17, 15) is 9.59 Å². The lowest BCUT2D eigenvalue weighted by Crippen LogP contribution is -2.22. The van der Waals surface area contributed by atoms with Gasteiger partial charge in [0.25, 0.3) is 5.91 Å². The largest absolute Gasteiger partial charge is 0.468 e. The van der Waals surface area contributed by atoms with Crippen LogP contribution in [0.25, 0.3) is 10.2 Å². The van der Waals surface area contributed by atoms with Crippen LogP contribution >= 0.6 is 11.3 Å². The molecule has 1 amide bonds. The molecule has 3 rings (SSSR count). The Labute approximate surface area is 155 Å². The van der Waals surface area contributed by atoms with Gasteiger partial charge < -0.3 is 9.30 Å². The number of aromatic nitrogens is 1. The number of nitrogens with zero attached hydrogens (tertiary/aromatic N) is 2. The molecule has 134 valence electrons. The first kappa shape index (κ1) is 18.1. The average molecular weight is 368 g/mol. The Bertz CT molecular complexity index is 1050. The standard InChI is InChI=1S/C20H20N2O3S/c1-4-14-8-9-16-17(11-14)26-20(22(16)12-18(23)25-3)21-19(24)15-7-5-6-13(2)10-15/h5-11H,4,12H2,1-3H3. The van der Waals surface area contributed by atoms with Crippen LogP contribution in [-0.4, -0.2) is 23.6 Å². The van der Waals surface area contributed by atoms with Crippen molar-refractivity contribution in [1.29, 1.82) is 0 Å². The van der Waals surface area contributed by atoms with Gasteiger partial charge in [-0.15, -0.1) is 0 Å². The maximum atomic E-state index is 12.6. The minimum absolute atomic E-state index is 0.0158. The van der Waals surface area contributed by atoms with Crippen LogP contribution in [0.4, 0.5) is 0 Å². The molecule has 1 heterocycles. The van der Waals surface area contributed by atoms with Gasteiger partial charge in [-0.3, -0.25) is 9.59 Å². The number of thiazole rings is 1. The number of benzene rings is 2. The summed E-state index contributed by atoms with van der Waals surface area (Å²) in [6.45, 7) is 4.03. The topological polar surface area (TPSA) is 60.7 Å². The van der Waals surface area contributed by atoms with Gasteiger partial charge >= 0.3 is 5.97 Å². The van der Waals surface area contributed by atoms with Crippen molar-refractivity contribution >= 4 is 33.4 Å². The highest BCUT2D eigenvalue weighted by molar-refractivity contribution is 7.16. The van der Waals surface area contributed by atoms with Gasteiger partial charge in [-0.25, -0.2) is 0 Å². The molecular weight excluding hydrogens is 348 g/mol. The lowest BCUT2D eigenvalue weighted by atomic mass is 10.1. The smallest absolute Gasteiger partial charge is 0.325 e. The van der Waals surface area contributed by atoms with Gasteiger partial charge in [0.15, 0.2) is 4.80 Å². The van der Waals surface area contributed by atoms with Crippen molar-refractivity contribution < 1.29 is 14.3 Å². The third kappa shape index (κ3) is 3.75. The number of methoxy groups -OCH3 is 1. The van der Waals surface area contributed by atoms with Gasteiger partial charge in [0, 0.05) is 5.56 Å². The molecule has 26 heavy (non-hydrogen) atoms. The van der Waals surface area contributed by atoms with Gasteiger partial charge in [0.1, 0.15) is 6.54 Å². The fourth-order valence-corrected chi connectivity index (χ4v) is 3.79. The summed E-state index contributed by atoms with van der Waals surface area (Å²) in [6.07, 6.45) is 0.916. The maximum absolute atomic E-state index is 12.6. The first-order valence-electron chi connectivity index (χ1n) is 8.36. The molecule has 0 spiro atoms. The lowest BCUT2D eigenvalue weighted by molar-refractivity contribution is -0.141. The summed E-state index contributed by atoms with van der Waals surface area (Å²) in [6, 6.07) is 13.4. The molecule has 0 aliphatic carbocycles. The first-order chi connectivity index (χ1) is 12.5. The van der Waals surface area contributed by atoms with E-state index in [1.807, 2.05) is 31.2 Å². The molecule has 0 unspecified atom stereocenters. The van der Waals surface area contributed by atoms with E-state index in [0.717, 1.165) is 22.2 Å². The molecule has 0 atom stereocenters. The predicted molar refractivity (Wildman–Crippen MR) is 102 cm³/mol. The summed E-state index contributed by atoms with van der Waals surface area (Å²) in [5.74, 6) is -0.705. The minimum atomic E-state index is -0.381. The molecule has 0 saturated heterocycles. The van der Waals surface area contributed by atoms with Crippen molar-refractivity contribution in [1.82, 2.24) is 4.57 Å². The Hall–Kier alpha value is -2.73. The van der Waals surface area contributed by atoms with Crippen LogP contribution in [0.15, 0.2) is 47.5 Å². The fourth-order valence-electron chi connectivity index (χ4n) is 2.70. The van der Waals surface area contributed by atoms with Crippen molar-refractivity contribution in [3.8, 4) is 0 Å². The highest BCUT2D eigenvalue weighted by Crippen LogP contribution is 2.20. The maximum Gasteiger partial charge on any atom is 0.325 e. The second-order valence-corrected chi connectivity index (χ2v) is 7.00. The van der Waals surface area contributed by atoms with E-state index in [1.165, 1.54) is 24.0 Å². The number of carbonyl (C=O) groups excluding carboxylic acids is 2. The summed E-state index contributed by atoms with van der Waals surface area (Å²) in [5, 5.41) is 0. The molecule has 5 nitrogen and oxygen atoms in total. The highest BCUT2D eigenvalue weighted by Gasteiger charge is 2.13. The van der Waals surface area contributed by atoms with Crippen molar-refractivity contribution in [3.63, 3.8) is 0 Å².